The Bertz CT molecular complexity index is 88.2. The molecule has 0 aliphatic rings. The van der Waals surface area contributed by atoms with E-state index in [2.05, 4.69) is 46.6 Å². The molecule has 0 aliphatic carbocycles. The summed E-state index contributed by atoms with van der Waals surface area (Å²) in [6.07, 6.45) is 2.80. The third kappa shape index (κ3) is 6.57. The Morgan fingerprint density at radius 1 is 1.45 bits per heavy atom. The molecule has 0 N–H and O–H groups in total. The molecule has 0 saturated heterocycles. The summed E-state index contributed by atoms with van der Waals surface area (Å²) in [6.45, 7) is 5.79. The van der Waals surface area contributed by atoms with Crippen LogP contribution in [0.15, 0.2) is 0 Å². The molecule has 0 aromatic carbocycles. The van der Waals surface area contributed by atoms with Crippen molar-refractivity contribution in [2.24, 2.45) is 0 Å². The summed E-state index contributed by atoms with van der Waals surface area (Å²) in [7, 11) is 2.25. The first kappa shape index (κ1) is 12.4. The fourth-order valence-electron chi connectivity index (χ4n) is 0.745. The van der Waals surface area contributed by atoms with Crippen molar-refractivity contribution in [2.75, 3.05) is 18.0 Å². The van der Waals surface area contributed by atoms with Crippen molar-refractivity contribution < 1.29 is 21.5 Å². The molecular weight excluding hydrogens is 364 g/mol. The zero-order valence-corrected chi connectivity index (χ0v) is 11.9. The molecule has 0 aliphatic heterocycles. The van der Waals surface area contributed by atoms with Crippen LogP contribution in [0.4, 0.5) is 0 Å². The van der Waals surface area contributed by atoms with E-state index < -0.39 is 0 Å². The number of hydrogen-bond acceptors (Lipinski definition) is 1. The Labute approximate surface area is 95.1 Å². The average Bonchev–Trinajstić information content (AvgIpc) is 2.03. The summed E-state index contributed by atoms with van der Waals surface area (Å²) in [4.78, 5) is 0. The van der Waals surface area contributed by atoms with E-state index in [1.807, 2.05) is 0 Å². The normalized spacial score (nSPS) is 14.3. The minimum atomic E-state index is 0.318. The first-order chi connectivity index (χ1) is 5.24. The van der Waals surface area contributed by atoms with Crippen molar-refractivity contribution in [2.45, 2.75) is 30.6 Å². The fraction of sp³-hybridized carbons (Fsp3) is 1.00. The molecule has 0 amide bonds. The van der Waals surface area contributed by atoms with Crippen LogP contribution in [-0.2, 0) is 0 Å². The van der Waals surface area contributed by atoms with E-state index in [4.69, 9.17) is 0 Å². The molecular formula is C8H18I2N-. The van der Waals surface area contributed by atoms with Crippen molar-refractivity contribution in [3.63, 3.8) is 0 Å². The Hall–Kier alpha value is 1.42. The standard InChI is InChI=1S/C8H18I2N/c1-4-8(6-7-9)10-11(3)5-2/h8H,4-7H2,1-3H3/q-1. The van der Waals surface area contributed by atoms with Gasteiger partial charge in [0.2, 0.25) is 0 Å². The van der Waals surface area contributed by atoms with Crippen LogP contribution in [0.3, 0.4) is 0 Å². The van der Waals surface area contributed by atoms with Crippen LogP contribution < -0.4 is 21.5 Å². The zero-order chi connectivity index (χ0) is 8.69. The molecule has 70 valence electrons. The van der Waals surface area contributed by atoms with Gasteiger partial charge in [0.15, 0.2) is 0 Å². The molecule has 0 aromatic rings. The summed E-state index contributed by atoms with van der Waals surface area (Å²) in [5.41, 5.74) is 0. The van der Waals surface area contributed by atoms with Crippen LogP contribution in [0.1, 0.15) is 26.7 Å². The molecule has 0 rings (SSSR count). The molecule has 0 aromatic heterocycles. The molecule has 0 fully saturated rings. The van der Waals surface area contributed by atoms with E-state index >= 15 is 0 Å². The molecule has 0 radical (unpaired) electrons. The van der Waals surface area contributed by atoms with Gasteiger partial charge in [0.05, 0.1) is 0 Å². The maximum atomic E-state index is 2.51. The summed E-state index contributed by atoms with van der Waals surface area (Å²) >= 11 is 2.80. The van der Waals surface area contributed by atoms with E-state index in [0.717, 1.165) is 3.92 Å². The van der Waals surface area contributed by atoms with Gasteiger partial charge in [-0.05, 0) is 0 Å². The quantitative estimate of drug-likeness (QED) is 0.342. The number of hydrogen-bond donors (Lipinski definition) is 0. The molecule has 1 unspecified atom stereocenters. The second-order valence-electron chi connectivity index (χ2n) is 2.50. The summed E-state index contributed by atoms with van der Waals surface area (Å²) in [6, 6.07) is 0. The predicted molar refractivity (Wildman–Crippen MR) is 55.9 cm³/mol. The van der Waals surface area contributed by atoms with E-state index in [1.54, 1.807) is 0 Å². The number of rotatable bonds is 6. The van der Waals surface area contributed by atoms with Gasteiger partial charge in [-0.3, -0.25) is 0 Å². The van der Waals surface area contributed by atoms with Crippen LogP contribution in [-0.4, -0.2) is 25.1 Å². The molecule has 0 saturated carbocycles. The van der Waals surface area contributed by atoms with Gasteiger partial charge in [-0.25, -0.2) is 0 Å². The van der Waals surface area contributed by atoms with Crippen LogP contribution >= 0.6 is 22.6 Å². The SMILES string of the molecule is CCC(CCI)[I-]N(C)CC. The van der Waals surface area contributed by atoms with E-state index in [0.29, 0.717) is 21.5 Å². The van der Waals surface area contributed by atoms with Crippen LogP contribution in [0.5, 0.6) is 0 Å². The van der Waals surface area contributed by atoms with Crippen LogP contribution in [0.25, 0.3) is 0 Å². The van der Waals surface area contributed by atoms with E-state index in [-0.39, 0.29) is 0 Å². The third-order valence-corrected chi connectivity index (χ3v) is 6.15. The molecule has 11 heavy (non-hydrogen) atoms. The van der Waals surface area contributed by atoms with Crippen molar-refractivity contribution in [1.29, 1.82) is 0 Å². The Balaban J connectivity index is 3.49. The Morgan fingerprint density at radius 3 is 2.45 bits per heavy atom. The van der Waals surface area contributed by atoms with Gasteiger partial charge in [-0.15, -0.1) is 0 Å². The summed E-state index contributed by atoms with van der Waals surface area (Å²) < 4.78 is 4.86. The minimum absolute atomic E-state index is 0.318. The molecule has 3 heteroatoms. The number of alkyl halides is 2. The number of halogens is 2. The maximum absolute atomic E-state index is 2.51. The summed E-state index contributed by atoms with van der Waals surface area (Å²) in [5, 5.41) is 0. The molecule has 1 atom stereocenters. The van der Waals surface area contributed by atoms with Gasteiger partial charge in [-0.2, -0.15) is 0 Å². The second-order valence-corrected chi connectivity index (χ2v) is 7.55. The van der Waals surface area contributed by atoms with Gasteiger partial charge in [-0.1, -0.05) is 0 Å². The van der Waals surface area contributed by atoms with Crippen molar-refractivity contribution in [1.82, 2.24) is 3.11 Å². The van der Waals surface area contributed by atoms with Gasteiger partial charge in [0.1, 0.15) is 0 Å². The zero-order valence-electron chi connectivity index (χ0n) is 7.61. The predicted octanol–water partition coefficient (Wildman–Crippen LogP) is -0.454. The molecule has 0 spiro atoms. The van der Waals surface area contributed by atoms with Crippen molar-refractivity contribution in [3.8, 4) is 0 Å². The first-order valence-electron chi connectivity index (χ1n) is 4.15. The van der Waals surface area contributed by atoms with Gasteiger partial charge in [0.25, 0.3) is 0 Å². The monoisotopic (exact) mass is 382 g/mol. The van der Waals surface area contributed by atoms with Crippen LogP contribution in [0.2, 0.25) is 0 Å². The molecule has 1 nitrogen and oxygen atoms in total. The third-order valence-electron chi connectivity index (χ3n) is 1.61. The Morgan fingerprint density at radius 2 is 2.09 bits per heavy atom. The molecule has 0 heterocycles. The molecule has 0 bridgehead atoms. The second kappa shape index (κ2) is 8.04. The average molecular weight is 382 g/mol. The van der Waals surface area contributed by atoms with Gasteiger partial charge in [0, 0.05) is 0 Å². The number of nitrogens with zero attached hydrogens (tertiary/aromatic N) is 1. The summed E-state index contributed by atoms with van der Waals surface area (Å²) in [5.74, 6) is 0. The van der Waals surface area contributed by atoms with Gasteiger partial charge >= 0.3 is 95.8 Å². The van der Waals surface area contributed by atoms with Crippen molar-refractivity contribution in [3.05, 3.63) is 0 Å². The topological polar surface area (TPSA) is 3.24 Å². The first-order valence-corrected chi connectivity index (χ1v) is 7.88. The van der Waals surface area contributed by atoms with Gasteiger partial charge < -0.3 is 0 Å². The van der Waals surface area contributed by atoms with E-state index in [1.165, 1.54) is 23.8 Å². The Kier molecular flexibility index (Phi) is 9.08. The fourth-order valence-corrected chi connectivity index (χ4v) is 5.41. The van der Waals surface area contributed by atoms with Crippen molar-refractivity contribution >= 4 is 22.6 Å². The van der Waals surface area contributed by atoms with E-state index in [9.17, 15) is 0 Å². The van der Waals surface area contributed by atoms with Crippen LogP contribution in [0, 0.1) is 0 Å².